The number of rotatable bonds is 4. The van der Waals surface area contributed by atoms with Crippen molar-refractivity contribution in [3.05, 3.63) is 11.7 Å². The van der Waals surface area contributed by atoms with E-state index in [0.29, 0.717) is 30.3 Å². The first-order chi connectivity index (χ1) is 10.8. The van der Waals surface area contributed by atoms with Crippen LogP contribution in [0.25, 0.3) is 0 Å². The van der Waals surface area contributed by atoms with Gasteiger partial charge >= 0.3 is 0 Å². The standard InChI is InChI=1S/C15H26N4O3S/c1-10-7-8-11(2)19(10)12(3)15-16-14(17-22-15)13-6-5-9-18(13)23(4,20)21/h10-13H,5-9H2,1-4H3. The highest BCUT2D eigenvalue weighted by Gasteiger charge is 2.38. The summed E-state index contributed by atoms with van der Waals surface area (Å²) in [6, 6.07) is 0.753. The highest BCUT2D eigenvalue weighted by atomic mass is 32.2. The first kappa shape index (κ1) is 16.9. The van der Waals surface area contributed by atoms with Gasteiger partial charge < -0.3 is 4.52 Å². The van der Waals surface area contributed by atoms with E-state index in [1.54, 1.807) is 0 Å². The molecule has 4 atom stereocenters. The molecule has 0 amide bonds. The summed E-state index contributed by atoms with van der Waals surface area (Å²) in [7, 11) is -3.24. The van der Waals surface area contributed by atoms with E-state index in [-0.39, 0.29) is 12.1 Å². The molecule has 0 radical (unpaired) electrons. The fraction of sp³-hybridized carbons (Fsp3) is 0.867. The third kappa shape index (κ3) is 3.16. The van der Waals surface area contributed by atoms with Gasteiger partial charge in [-0.25, -0.2) is 8.42 Å². The van der Waals surface area contributed by atoms with E-state index in [1.165, 1.54) is 23.4 Å². The van der Waals surface area contributed by atoms with Crippen molar-refractivity contribution in [1.29, 1.82) is 0 Å². The summed E-state index contributed by atoms with van der Waals surface area (Å²) >= 11 is 0. The molecular formula is C15H26N4O3S. The first-order valence-electron chi connectivity index (χ1n) is 8.36. The van der Waals surface area contributed by atoms with E-state index >= 15 is 0 Å². The van der Waals surface area contributed by atoms with Crippen molar-refractivity contribution < 1.29 is 12.9 Å². The van der Waals surface area contributed by atoms with Gasteiger partial charge in [-0.15, -0.1) is 0 Å². The van der Waals surface area contributed by atoms with Gasteiger partial charge in [0.2, 0.25) is 15.9 Å². The van der Waals surface area contributed by atoms with E-state index < -0.39 is 10.0 Å². The van der Waals surface area contributed by atoms with Crippen LogP contribution in [0.1, 0.15) is 70.3 Å². The highest BCUT2D eigenvalue weighted by molar-refractivity contribution is 7.88. The molecule has 2 aliphatic heterocycles. The average molecular weight is 342 g/mol. The maximum atomic E-state index is 11.9. The molecule has 2 saturated heterocycles. The molecule has 0 spiro atoms. The van der Waals surface area contributed by atoms with Crippen molar-refractivity contribution in [2.24, 2.45) is 0 Å². The van der Waals surface area contributed by atoms with Gasteiger partial charge in [-0.3, -0.25) is 4.90 Å². The molecule has 0 N–H and O–H groups in total. The van der Waals surface area contributed by atoms with Crippen LogP contribution in [0.4, 0.5) is 0 Å². The molecule has 0 aliphatic carbocycles. The molecule has 4 unspecified atom stereocenters. The lowest BCUT2D eigenvalue weighted by atomic mass is 10.2. The molecule has 2 fully saturated rings. The van der Waals surface area contributed by atoms with Gasteiger partial charge in [0.25, 0.3) is 0 Å². The second-order valence-corrected chi connectivity index (χ2v) is 8.86. The molecule has 1 aromatic rings. The lowest BCUT2D eigenvalue weighted by Gasteiger charge is -2.30. The Morgan fingerprint density at radius 2 is 1.87 bits per heavy atom. The van der Waals surface area contributed by atoms with Crippen LogP contribution in [0, 0.1) is 0 Å². The second kappa shape index (κ2) is 6.14. The lowest BCUT2D eigenvalue weighted by molar-refractivity contribution is 0.128. The Kier molecular flexibility index (Phi) is 4.50. The van der Waals surface area contributed by atoms with Crippen LogP contribution in [-0.2, 0) is 10.0 Å². The SMILES string of the molecule is CC1CCC(C)N1C(C)c1nc(C2CCCN2S(C)(=O)=O)no1. The quantitative estimate of drug-likeness (QED) is 0.834. The zero-order valence-electron chi connectivity index (χ0n) is 14.3. The molecule has 1 aromatic heterocycles. The zero-order chi connectivity index (χ0) is 16.8. The Hall–Kier alpha value is -0.990. The minimum atomic E-state index is -3.24. The fourth-order valence-corrected chi connectivity index (χ4v) is 5.18. The van der Waals surface area contributed by atoms with Gasteiger partial charge in [-0.2, -0.15) is 9.29 Å². The third-order valence-corrected chi connectivity index (χ3v) is 6.50. The zero-order valence-corrected chi connectivity index (χ0v) is 15.1. The van der Waals surface area contributed by atoms with Crippen molar-refractivity contribution in [3.63, 3.8) is 0 Å². The summed E-state index contributed by atoms with van der Waals surface area (Å²) in [6.07, 6.45) is 5.17. The molecule has 3 rings (SSSR count). The molecule has 3 heterocycles. The van der Waals surface area contributed by atoms with Gasteiger partial charge in [-0.1, -0.05) is 5.16 Å². The second-order valence-electron chi connectivity index (χ2n) is 6.92. The summed E-state index contributed by atoms with van der Waals surface area (Å²) in [5.41, 5.74) is 0. The molecular weight excluding hydrogens is 316 g/mol. The van der Waals surface area contributed by atoms with Crippen LogP contribution in [-0.4, -0.2) is 52.6 Å². The fourth-order valence-electron chi connectivity index (χ4n) is 4.05. The number of nitrogens with zero attached hydrogens (tertiary/aromatic N) is 4. The summed E-state index contributed by atoms with van der Waals surface area (Å²) < 4.78 is 30.7. The Bertz CT molecular complexity index is 649. The van der Waals surface area contributed by atoms with Crippen molar-refractivity contribution in [1.82, 2.24) is 19.3 Å². The maximum Gasteiger partial charge on any atom is 0.243 e. The van der Waals surface area contributed by atoms with Gasteiger partial charge in [0.1, 0.15) is 0 Å². The summed E-state index contributed by atoms with van der Waals surface area (Å²) in [4.78, 5) is 6.95. The molecule has 8 heteroatoms. The molecule has 130 valence electrons. The minimum absolute atomic E-state index is 0.0526. The van der Waals surface area contributed by atoms with Crippen LogP contribution in [0.5, 0.6) is 0 Å². The largest absolute Gasteiger partial charge is 0.338 e. The topological polar surface area (TPSA) is 79.5 Å². The summed E-state index contributed by atoms with van der Waals surface area (Å²) in [6.45, 7) is 7.06. The van der Waals surface area contributed by atoms with Crippen LogP contribution in [0.3, 0.4) is 0 Å². The van der Waals surface area contributed by atoms with E-state index in [9.17, 15) is 8.42 Å². The van der Waals surface area contributed by atoms with Crippen LogP contribution in [0.15, 0.2) is 4.52 Å². The Balaban J connectivity index is 1.80. The predicted octanol–water partition coefficient (Wildman–Crippen LogP) is 2.10. The normalized spacial score (nSPS) is 31.7. The number of sulfonamides is 1. The van der Waals surface area contributed by atoms with Crippen molar-refractivity contribution >= 4 is 10.0 Å². The third-order valence-electron chi connectivity index (χ3n) is 5.21. The minimum Gasteiger partial charge on any atom is -0.338 e. The maximum absolute atomic E-state index is 11.9. The first-order valence-corrected chi connectivity index (χ1v) is 10.2. The monoisotopic (exact) mass is 342 g/mol. The molecule has 23 heavy (non-hydrogen) atoms. The molecule has 0 aromatic carbocycles. The average Bonchev–Trinajstić information content (AvgIpc) is 3.16. The Labute approximate surface area is 138 Å². The van der Waals surface area contributed by atoms with Crippen LogP contribution in [0.2, 0.25) is 0 Å². The number of likely N-dealkylation sites (tertiary alicyclic amines) is 1. The number of hydrogen-bond donors (Lipinski definition) is 0. The molecule has 2 aliphatic rings. The van der Waals surface area contributed by atoms with E-state index in [0.717, 1.165) is 12.8 Å². The van der Waals surface area contributed by atoms with E-state index in [2.05, 4.69) is 35.8 Å². The Morgan fingerprint density at radius 1 is 1.22 bits per heavy atom. The number of aromatic nitrogens is 2. The van der Waals surface area contributed by atoms with Crippen molar-refractivity contribution in [2.45, 2.75) is 70.6 Å². The molecule has 7 nitrogen and oxygen atoms in total. The lowest BCUT2D eigenvalue weighted by Crippen LogP contribution is -2.35. The van der Waals surface area contributed by atoms with Crippen LogP contribution < -0.4 is 0 Å². The molecule has 0 bridgehead atoms. The predicted molar refractivity (Wildman–Crippen MR) is 86.2 cm³/mol. The van der Waals surface area contributed by atoms with Gasteiger partial charge in [-0.05, 0) is 46.5 Å². The van der Waals surface area contributed by atoms with Crippen molar-refractivity contribution in [2.75, 3.05) is 12.8 Å². The smallest absolute Gasteiger partial charge is 0.243 e. The van der Waals surface area contributed by atoms with Crippen molar-refractivity contribution in [3.8, 4) is 0 Å². The summed E-state index contributed by atoms with van der Waals surface area (Å²) in [5.74, 6) is 1.08. The van der Waals surface area contributed by atoms with Crippen LogP contribution >= 0.6 is 0 Å². The van der Waals surface area contributed by atoms with E-state index in [1.807, 2.05) is 0 Å². The highest BCUT2D eigenvalue weighted by Crippen LogP contribution is 2.35. The summed E-state index contributed by atoms with van der Waals surface area (Å²) in [5, 5.41) is 4.09. The molecule has 0 saturated carbocycles. The number of hydrogen-bond acceptors (Lipinski definition) is 6. The Morgan fingerprint density at radius 3 is 2.48 bits per heavy atom. The van der Waals surface area contributed by atoms with Gasteiger partial charge in [0, 0.05) is 18.6 Å². The van der Waals surface area contributed by atoms with E-state index in [4.69, 9.17) is 4.52 Å². The van der Waals surface area contributed by atoms with Gasteiger partial charge in [0.15, 0.2) is 5.82 Å². The van der Waals surface area contributed by atoms with Gasteiger partial charge in [0.05, 0.1) is 18.3 Å².